The maximum Gasteiger partial charge on any atom is 0.00387 e. The van der Waals surface area contributed by atoms with Gasteiger partial charge in [0.1, 0.15) is 0 Å². The van der Waals surface area contributed by atoms with Crippen LogP contribution >= 0.6 is 0 Å². The molecule has 2 heteroatoms. The Morgan fingerprint density at radius 1 is 0.889 bits per heavy atom. The van der Waals surface area contributed by atoms with Gasteiger partial charge in [0.15, 0.2) is 0 Å². The molecule has 0 aliphatic carbocycles. The van der Waals surface area contributed by atoms with Crippen LogP contribution in [0.4, 0.5) is 0 Å². The van der Waals surface area contributed by atoms with Crippen molar-refractivity contribution in [1.82, 2.24) is 5.32 Å². The van der Waals surface area contributed by atoms with Crippen LogP contribution in [0, 0.1) is 5.92 Å². The van der Waals surface area contributed by atoms with Crippen LogP contribution in [-0.4, -0.2) is 19.1 Å². The summed E-state index contributed by atoms with van der Waals surface area (Å²) < 4.78 is 0. The van der Waals surface area contributed by atoms with Gasteiger partial charge in [-0.05, 0) is 51.6 Å². The van der Waals surface area contributed by atoms with Gasteiger partial charge in [-0.25, -0.2) is 0 Å². The third kappa shape index (κ3) is 11.0. The highest BCUT2D eigenvalue weighted by Gasteiger charge is 2.07. The molecule has 0 radical (unpaired) electrons. The monoisotopic (exact) mass is 256 g/mol. The summed E-state index contributed by atoms with van der Waals surface area (Å²) in [5.41, 5.74) is 5.66. The first-order valence-corrected chi connectivity index (χ1v) is 8.18. The topological polar surface area (TPSA) is 38.0 Å². The minimum Gasteiger partial charge on any atom is -0.330 e. The zero-order valence-corrected chi connectivity index (χ0v) is 13.0. The fourth-order valence-corrected chi connectivity index (χ4v) is 2.62. The minimum atomic E-state index is 0.690. The number of rotatable bonds is 13. The quantitative estimate of drug-likeness (QED) is 0.487. The number of hydrogen-bond acceptors (Lipinski definition) is 2. The van der Waals surface area contributed by atoms with Gasteiger partial charge in [0, 0.05) is 6.04 Å². The molecule has 0 fully saturated rings. The van der Waals surface area contributed by atoms with Crippen molar-refractivity contribution in [1.29, 1.82) is 0 Å². The number of nitrogens with two attached hydrogens (primary N) is 1. The normalized spacial score (nSPS) is 14.7. The lowest BCUT2D eigenvalue weighted by molar-refractivity contribution is 0.392. The van der Waals surface area contributed by atoms with Crippen molar-refractivity contribution < 1.29 is 0 Å². The molecular formula is C16H36N2. The van der Waals surface area contributed by atoms with Crippen LogP contribution in [0.2, 0.25) is 0 Å². The van der Waals surface area contributed by atoms with Crippen LogP contribution < -0.4 is 11.1 Å². The van der Waals surface area contributed by atoms with Crippen LogP contribution in [-0.2, 0) is 0 Å². The van der Waals surface area contributed by atoms with Gasteiger partial charge < -0.3 is 11.1 Å². The van der Waals surface area contributed by atoms with Crippen molar-refractivity contribution >= 4 is 0 Å². The van der Waals surface area contributed by atoms with Crippen LogP contribution in [0.25, 0.3) is 0 Å². The summed E-state index contributed by atoms with van der Waals surface area (Å²) in [5, 5.41) is 3.65. The molecule has 2 atom stereocenters. The standard InChI is InChI=1S/C16H36N2/c1-4-6-7-10-15(3)18-14-8-11-16(9-5-2)12-13-17/h15-16,18H,4-14,17H2,1-3H3. The van der Waals surface area contributed by atoms with Crippen LogP contribution in [0.1, 0.15) is 78.6 Å². The summed E-state index contributed by atoms with van der Waals surface area (Å²) in [7, 11) is 0. The minimum absolute atomic E-state index is 0.690. The molecule has 0 aromatic carbocycles. The van der Waals surface area contributed by atoms with E-state index in [2.05, 4.69) is 26.1 Å². The van der Waals surface area contributed by atoms with E-state index in [1.165, 1.54) is 64.3 Å². The molecule has 0 saturated carbocycles. The van der Waals surface area contributed by atoms with Crippen molar-refractivity contribution in [3.8, 4) is 0 Å². The van der Waals surface area contributed by atoms with Crippen molar-refractivity contribution in [3.63, 3.8) is 0 Å². The van der Waals surface area contributed by atoms with Gasteiger partial charge in [0.2, 0.25) is 0 Å². The fraction of sp³-hybridized carbons (Fsp3) is 1.00. The average molecular weight is 256 g/mol. The first kappa shape index (κ1) is 17.9. The number of hydrogen-bond donors (Lipinski definition) is 2. The Labute approximate surface area is 115 Å². The molecule has 0 spiro atoms. The van der Waals surface area contributed by atoms with Crippen molar-refractivity contribution in [2.45, 2.75) is 84.6 Å². The molecule has 0 heterocycles. The first-order chi connectivity index (χ1) is 8.74. The summed E-state index contributed by atoms with van der Waals surface area (Å²) in [6, 6.07) is 0.690. The Kier molecular flexibility index (Phi) is 13.3. The van der Waals surface area contributed by atoms with Gasteiger partial charge in [0.05, 0.1) is 0 Å². The van der Waals surface area contributed by atoms with E-state index in [-0.39, 0.29) is 0 Å². The third-order valence-corrected chi connectivity index (χ3v) is 3.79. The van der Waals surface area contributed by atoms with E-state index in [0.29, 0.717) is 6.04 Å². The van der Waals surface area contributed by atoms with E-state index >= 15 is 0 Å². The molecule has 0 aromatic heterocycles. The molecule has 110 valence electrons. The predicted octanol–water partition coefficient (Wildman–Crippen LogP) is 4.09. The molecule has 18 heavy (non-hydrogen) atoms. The second kappa shape index (κ2) is 13.4. The molecular weight excluding hydrogens is 220 g/mol. The SMILES string of the molecule is CCCCCC(C)NCCCC(CCC)CCN. The van der Waals surface area contributed by atoms with Gasteiger partial charge in [-0.2, -0.15) is 0 Å². The first-order valence-electron chi connectivity index (χ1n) is 8.18. The third-order valence-electron chi connectivity index (χ3n) is 3.79. The van der Waals surface area contributed by atoms with Crippen molar-refractivity contribution in [2.75, 3.05) is 13.1 Å². The van der Waals surface area contributed by atoms with Crippen LogP contribution in [0.5, 0.6) is 0 Å². The summed E-state index contributed by atoms with van der Waals surface area (Å²) in [5.74, 6) is 0.859. The summed E-state index contributed by atoms with van der Waals surface area (Å²) in [6.45, 7) is 8.89. The van der Waals surface area contributed by atoms with E-state index in [1.807, 2.05) is 0 Å². The molecule has 0 aliphatic rings. The second-order valence-electron chi connectivity index (χ2n) is 5.73. The molecule has 2 nitrogen and oxygen atoms in total. The zero-order valence-electron chi connectivity index (χ0n) is 13.0. The lowest BCUT2D eigenvalue weighted by Gasteiger charge is -2.17. The predicted molar refractivity (Wildman–Crippen MR) is 82.9 cm³/mol. The van der Waals surface area contributed by atoms with Gasteiger partial charge in [-0.3, -0.25) is 0 Å². The summed E-state index contributed by atoms with van der Waals surface area (Å²) >= 11 is 0. The van der Waals surface area contributed by atoms with E-state index < -0.39 is 0 Å². The highest BCUT2D eigenvalue weighted by Crippen LogP contribution is 2.16. The maximum absolute atomic E-state index is 5.66. The number of unbranched alkanes of at least 4 members (excludes halogenated alkanes) is 2. The van der Waals surface area contributed by atoms with E-state index in [0.717, 1.165) is 12.5 Å². The highest BCUT2D eigenvalue weighted by atomic mass is 14.9. The van der Waals surface area contributed by atoms with Gasteiger partial charge in [0.25, 0.3) is 0 Å². The van der Waals surface area contributed by atoms with E-state index in [4.69, 9.17) is 5.73 Å². The van der Waals surface area contributed by atoms with Gasteiger partial charge in [-0.15, -0.1) is 0 Å². The summed E-state index contributed by atoms with van der Waals surface area (Å²) in [6.07, 6.45) is 11.9. The highest BCUT2D eigenvalue weighted by molar-refractivity contribution is 4.64. The second-order valence-corrected chi connectivity index (χ2v) is 5.73. The Balaban J connectivity index is 3.45. The van der Waals surface area contributed by atoms with Crippen LogP contribution in [0.15, 0.2) is 0 Å². The molecule has 3 N–H and O–H groups in total. The smallest absolute Gasteiger partial charge is 0.00387 e. The Morgan fingerprint density at radius 3 is 2.28 bits per heavy atom. The molecule has 0 rings (SSSR count). The Bertz CT molecular complexity index is 153. The Hall–Kier alpha value is -0.0800. The molecule has 0 aliphatic heterocycles. The largest absolute Gasteiger partial charge is 0.330 e. The molecule has 0 saturated heterocycles. The molecule has 2 unspecified atom stereocenters. The summed E-state index contributed by atoms with van der Waals surface area (Å²) in [4.78, 5) is 0. The zero-order chi connectivity index (χ0) is 13.6. The van der Waals surface area contributed by atoms with Crippen molar-refractivity contribution in [3.05, 3.63) is 0 Å². The Morgan fingerprint density at radius 2 is 1.67 bits per heavy atom. The van der Waals surface area contributed by atoms with E-state index in [1.54, 1.807) is 0 Å². The van der Waals surface area contributed by atoms with Crippen molar-refractivity contribution in [2.24, 2.45) is 11.7 Å². The lowest BCUT2D eigenvalue weighted by atomic mass is 9.94. The van der Waals surface area contributed by atoms with Gasteiger partial charge >= 0.3 is 0 Å². The molecule has 0 amide bonds. The average Bonchev–Trinajstić information content (AvgIpc) is 2.35. The molecule has 0 bridgehead atoms. The van der Waals surface area contributed by atoms with E-state index in [9.17, 15) is 0 Å². The fourth-order valence-electron chi connectivity index (χ4n) is 2.62. The lowest BCUT2D eigenvalue weighted by Crippen LogP contribution is -2.27. The van der Waals surface area contributed by atoms with Crippen LogP contribution in [0.3, 0.4) is 0 Å². The number of nitrogens with one attached hydrogen (secondary N) is 1. The molecule has 0 aromatic rings. The van der Waals surface area contributed by atoms with Gasteiger partial charge in [-0.1, -0.05) is 46.0 Å². The maximum atomic E-state index is 5.66.